The first-order valence-corrected chi connectivity index (χ1v) is 5.54. The molecule has 1 rings (SSSR count). The second kappa shape index (κ2) is 7.03. The Morgan fingerprint density at radius 3 is 2.76 bits per heavy atom. The maximum absolute atomic E-state index is 5.55. The molecule has 0 bridgehead atoms. The van der Waals surface area contributed by atoms with Gasteiger partial charge in [-0.2, -0.15) is 0 Å². The minimum absolute atomic E-state index is 0.142. The molecule has 0 aliphatic rings. The Morgan fingerprint density at radius 1 is 1.41 bits per heavy atom. The Hall–Kier alpha value is -1.40. The molecule has 0 radical (unpaired) electrons. The summed E-state index contributed by atoms with van der Waals surface area (Å²) in [6.07, 6.45) is 2.29. The minimum atomic E-state index is 0.142. The van der Waals surface area contributed by atoms with Crippen LogP contribution >= 0.6 is 0 Å². The lowest BCUT2D eigenvalue weighted by Crippen LogP contribution is -2.28. The molecule has 3 N–H and O–H groups in total. The van der Waals surface area contributed by atoms with E-state index in [0.29, 0.717) is 19.0 Å². The molecule has 1 aromatic heterocycles. The van der Waals surface area contributed by atoms with Gasteiger partial charge in [0, 0.05) is 7.11 Å². The Labute approximate surface area is 102 Å². The van der Waals surface area contributed by atoms with E-state index in [0.717, 1.165) is 17.8 Å². The molecule has 0 aliphatic carbocycles. The monoisotopic (exact) mass is 240 g/mol. The quantitative estimate of drug-likeness (QED) is 0.725. The summed E-state index contributed by atoms with van der Waals surface area (Å²) in [5.74, 6) is 1.33. The van der Waals surface area contributed by atoms with Crippen molar-refractivity contribution in [2.24, 2.45) is 5.73 Å². The second-order valence-corrected chi connectivity index (χ2v) is 3.73. The number of rotatable bonds is 7. The van der Waals surface area contributed by atoms with Gasteiger partial charge in [-0.1, -0.05) is 0 Å². The van der Waals surface area contributed by atoms with Crippen molar-refractivity contribution < 1.29 is 9.47 Å². The van der Waals surface area contributed by atoms with E-state index in [1.54, 1.807) is 14.2 Å². The molecule has 0 fully saturated rings. The van der Waals surface area contributed by atoms with Crippen LogP contribution in [0.15, 0.2) is 6.33 Å². The number of anilines is 1. The van der Waals surface area contributed by atoms with Gasteiger partial charge >= 0.3 is 0 Å². The lowest BCUT2D eigenvalue weighted by Gasteiger charge is -2.19. The lowest BCUT2D eigenvalue weighted by atomic mass is 10.2. The molecular formula is C11H20N4O2. The summed E-state index contributed by atoms with van der Waals surface area (Å²) >= 11 is 0. The maximum atomic E-state index is 5.55. The molecular weight excluding hydrogens is 220 g/mol. The van der Waals surface area contributed by atoms with E-state index in [9.17, 15) is 0 Å². The molecule has 1 heterocycles. The molecule has 6 nitrogen and oxygen atoms in total. The van der Waals surface area contributed by atoms with Crippen LogP contribution in [0.4, 0.5) is 5.82 Å². The molecule has 17 heavy (non-hydrogen) atoms. The van der Waals surface area contributed by atoms with Crippen LogP contribution in [0.2, 0.25) is 0 Å². The van der Waals surface area contributed by atoms with Crippen molar-refractivity contribution in [1.29, 1.82) is 0 Å². The van der Waals surface area contributed by atoms with Gasteiger partial charge in [-0.25, -0.2) is 9.97 Å². The fourth-order valence-corrected chi connectivity index (χ4v) is 1.58. The first-order chi connectivity index (χ1) is 8.22. The predicted octanol–water partition coefficient (Wildman–Crippen LogP) is 0.569. The predicted molar refractivity (Wildman–Crippen MR) is 66.3 cm³/mol. The highest BCUT2D eigenvalue weighted by Crippen LogP contribution is 2.20. The van der Waals surface area contributed by atoms with Gasteiger partial charge in [0.15, 0.2) is 0 Å². The van der Waals surface area contributed by atoms with Crippen LogP contribution in [0.3, 0.4) is 0 Å². The zero-order valence-corrected chi connectivity index (χ0v) is 10.6. The van der Waals surface area contributed by atoms with Crippen LogP contribution in [-0.2, 0) is 4.74 Å². The Morgan fingerprint density at radius 2 is 2.18 bits per heavy atom. The number of nitrogens with zero attached hydrogens (tertiary/aromatic N) is 2. The molecule has 0 amide bonds. The fraction of sp³-hybridized carbons (Fsp3) is 0.636. The number of nitrogens with two attached hydrogens (primary N) is 1. The number of nitrogens with one attached hydrogen (secondary N) is 1. The van der Waals surface area contributed by atoms with E-state index in [-0.39, 0.29) is 6.04 Å². The zero-order valence-electron chi connectivity index (χ0n) is 10.6. The standard InChI is InChI=1S/C11H20N4O2/c1-8-10(13-7-14-11(8)17-3)15-9(4-5-12)6-16-2/h7,9H,4-6,12H2,1-3H3,(H,13,14,15). The van der Waals surface area contributed by atoms with Crippen molar-refractivity contribution >= 4 is 5.82 Å². The van der Waals surface area contributed by atoms with E-state index < -0.39 is 0 Å². The van der Waals surface area contributed by atoms with Gasteiger partial charge in [-0.05, 0) is 19.9 Å². The largest absolute Gasteiger partial charge is 0.481 e. The van der Waals surface area contributed by atoms with Gasteiger partial charge in [-0.15, -0.1) is 0 Å². The number of hydrogen-bond donors (Lipinski definition) is 2. The van der Waals surface area contributed by atoms with Crippen molar-refractivity contribution in [2.75, 3.05) is 32.7 Å². The minimum Gasteiger partial charge on any atom is -0.481 e. The smallest absolute Gasteiger partial charge is 0.221 e. The van der Waals surface area contributed by atoms with Crippen LogP contribution < -0.4 is 15.8 Å². The third-order valence-corrected chi connectivity index (χ3v) is 2.45. The Balaban J connectivity index is 2.77. The summed E-state index contributed by atoms with van der Waals surface area (Å²) in [5.41, 5.74) is 6.44. The first-order valence-electron chi connectivity index (χ1n) is 5.54. The summed E-state index contributed by atoms with van der Waals surface area (Å²) < 4.78 is 10.3. The summed E-state index contributed by atoms with van der Waals surface area (Å²) in [4.78, 5) is 8.22. The Bertz CT molecular complexity index is 340. The topological polar surface area (TPSA) is 82.3 Å². The highest BCUT2D eigenvalue weighted by Gasteiger charge is 2.12. The molecule has 1 unspecified atom stereocenters. The average Bonchev–Trinajstić information content (AvgIpc) is 2.32. The summed E-state index contributed by atoms with van der Waals surface area (Å²) in [7, 11) is 3.25. The summed E-state index contributed by atoms with van der Waals surface area (Å²) in [6, 6.07) is 0.142. The number of ether oxygens (including phenoxy) is 2. The zero-order chi connectivity index (χ0) is 12.7. The third kappa shape index (κ3) is 3.83. The number of aromatic nitrogens is 2. The van der Waals surface area contributed by atoms with Crippen molar-refractivity contribution in [2.45, 2.75) is 19.4 Å². The van der Waals surface area contributed by atoms with Gasteiger partial charge in [0.2, 0.25) is 5.88 Å². The normalized spacial score (nSPS) is 12.2. The van der Waals surface area contributed by atoms with Crippen molar-refractivity contribution in [3.05, 3.63) is 11.9 Å². The maximum Gasteiger partial charge on any atom is 0.221 e. The van der Waals surface area contributed by atoms with E-state index in [1.807, 2.05) is 6.92 Å². The molecule has 0 aromatic carbocycles. The third-order valence-electron chi connectivity index (χ3n) is 2.45. The molecule has 1 atom stereocenters. The van der Waals surface area contributed by atoms with Crippen molar-refractivity contribution in [3.63, 3.8) is 0 Å². The van der Waals surface area contributed by atoms with Gasteiger partial charge in [0.1, 0.15) is 12.1 Å². The van der Waals surface area contributed by atoms with Gasteiger partial charge in [-0.3, -0.25) is 0 Å². The van der Waals surface area contributed by atoms with Crippen LogP contribution in [0.1, 0.15) is 12.0 Å². The van der Waals surface area contributed by atoms with E-state index in [4.69, 9.17) is 15.2 Å². The molecule has 0 saturated heterocycles. The number of methoxy groups -OCH3 is 2. The van der Waals surface area contributed by atoms with E-state index in [2.05, 4.69) is 15.3 Å². The van der Waals surface area contributed by atoms with Crippen LogP contribution in [-0.4, -0.2) is 43.4 Å². The van der Waals surface area contributed by atoms with Crippen LogP contribution in [0, 0.1) is 6.92 Å². The Kier molecular flexibility index (Phi) is 5.65. The van der Waals surface area contributed by atoms with Crippen LogP contribution in [0.25, 0.3) is 0 Å². The van der Waals surface area contributed by atoms with Crippen molar-refractivity contribution in [3.8, 4) is 5.88 Å². The highest BCUT2D eigenvalue weighted by atomic mass is 16.5. The molecule has 0 spiro atoms. The summed E-state index contributed by atoms with van der Waals surface area (Å²) in [6.45, 7) is 3.10. The molecule has 96 valence electrons. The molecule has 6 heteroatoms. The van der Waals surface area contributed by atoms with Gasteiger partial charge in [0.25, 0.3) is 0 Å². The highest BCUT2D eigenvalue weighted by molar-refractivity contribution is 5.48. The second-order valence-electron chi connectivity index (χ2n) is 3.73. The molecule has 0 saturated carbocycles. The van der Waals surface area contributed by atoms with E-state index >= 15 is 0 Å². The van der Waals surface area contributed by atoms with E-state index in [1.165, 1.54) is 6.33 Å². The van der Waals surface area contributed by atoms with Gasteiger partial charge in [0.05, 0.1) is 25.3 Å². The van der Waals surface area contributed by atoms with Crippen molar-refractivity contribution in [1.82, 2.24) is 9.97 Å². The lowest BCUT2D eigenvalue weighted by molar-refractivity contribution is 0.183. The molecule has 1 aromatic rings. The van der Waals surface area contributed by atoms with Crippen LogP contribution in [0.5, 0.6) is 5.88 Å². The summed E-state index contributed by atoms with van der Waals surface area (Å²) in [5, 5.41) is 3.29. The SMILES string of the molecule is COCC(CCN)Nc1ncnc(OC)c1C. The molecule has 0 aliphatic heterocycles. The first kappa shape index (κ1) is 13.7. The fourth-order valence-electron chi connectivity index (χ4n) is 1.58. The average molecular weight is 240 g/mol. The number of hydrogen-bond acceptors (Lipinski definition) is 6. The van der Waals surface area contributed by atoms with Gasteiger partial charge < -0.3 is 20.5 Å².